The number of ether oxygens (including phenoxy) is 2. The van der Waals surface area contributed by atoms with E-state index in [9.17, 15) is 4.79 Å². The van der Waals surface area contributed by atoms with E-state index in [1.54, 1.807) is 31.2 Å². The third kappa shape index (κ3) is 3.64. The summed E-state index contributed by atoms with van der Waals surface area (Å²) in [5.74, 6) is 0.420. The quantitative estimate of drug-likeness (QED) is 0.676. The van der Waals surface area contributed by atoms with Crippen molar-refractivity contribution in [2.45, 2.75) is 20.0 Å². The van der Waals surface area contributed by atoms with Gasteiger partial charge in [-0.3, -0.25) is 9.48 Å². The average Bonchev–Trinajstić information content (AvgIpc) is 3.23. The van der Waals surface area contributed by atoms with Gasteiger partial charge in [0.05, 0.1) is 23.9 Å². The zero-order valence-electron chi connectivity index (χ0n) is 14.4. The molecule has 3 aromatic rings. The van der Waals surface area contributed by atoms with Gasteiger partial charge in [-0.25, -0.2) is 0 Å². The molecule has 0 unspecified atom stereocenters. The Morgan fingerprint density at radius 1 is 1.32 bits per heavy atom. The number of hydrogen-bond donors (Lipinski definition) is 0. The van der Waals surface area contributed by atoms with Crippen molar-refractivity contribution in [3.63, 3.8) is 0 Å². The summed E-state index contributed by atoms with van der Waals surface area (Å²) in [6, 6.07) is 7.49. The Bertz CT molecular complexity index is 954. The molecule has 0 fully saturated rings. The van der Waals surface area contributed by atoms with Crippen LogP contribution in [0.4, 0.5) is 0 Å². The minimum Gasteiger partial charge on any atom is -0.497 e. The molecule has 7 nitrogen and oxygen atoms in total. The summed E-state index contributed by atoms with van der Waals surface area (Å²) in [4.78, 5) is 17.4. The van der Waals surface area contributed by atoms with Gasteiger partial charge in [0.15, 0.2) is 10.5 Å². The Hall–Kier alpha value is -2.45. The first-order valence-electron chi connectivity index (χ1n) is 7.95. The fraction of sp³-hybridized carbons (Fsp3) is 0.353. The first-order valence-corrected chi connectivity index (χ1v) is 8.76. The highest BCUT2D eigenvalue weighted by atomic mass is 32.1. The van der Waals surface area contributed by atoms with Crippen LogP contribution in [0.5, 0.6) is 5.75 Å². The molecule has 0 aliphatic heterocycles. The van der Waals surface area contributed by atoms with Crippen molar-refractivity contribution in [1.29, 1.82) is 0 Å². The number of hydrogen-bond acceptors (Lipinski definition) is 5. The Morgan fingerprint density at radius 3 is 2.84 bits per heavy atom. The first kappa shape index (κ1) is 17.4. The maximum Gasteiger partial charge on any atom is 0.300 e. The van der Waals surface area contributed by atoms with Crippen molar-refractivity contribution < 1.29 is 14.3 Å². The highest BCUT2D eigenvalue weighted by Crippen LogP contribution is 2.23. The number of amides is 1. The molecule has 1 amide bonds. The van der Waals surface area contributed by atoms with Crippen LogP contribution in [0.1, 0.15) is 17.4 Å². The Morgan fingerprint density at radius 2 is 2.16 bits per heavy atom. The summed E-state index contributed by atoms with van der Waals surface area (Å²) in [6.45, 7) is 3.82. The molecule has 0 bridgehead atoms. The predicted octanol–water partition coefficient (Wildman–Crippen LogP) is 2.32. The molecule has 0 aliphatic rings. The summed E-state index contributed by atoms with van der Waals surface area (Å²) in [5, 5.41) is 4.22. The molecule has 0 spiro atoms. The number of methoxy groups -OCH3 is 2. The summed E-state index contributed by atoms with van der Waals surface area (Å²) in [5.41, 5.74) is 1.34. The first-order chi connectivity index (χ1) is 12.2. The second-order valence-corrected chi connectivity index (χ2v) is 6.35. The number of fused-ring (bicyclic) bond motifs is 1. The van der Waals surface area contributed by atoms with Crippen molar-refractivity contribution in [3.8, 4) is 5.75 Å². The Labute approximate surface area is 149 Å². The number of nitrogens with zero attached hydrogens (tertiary/aromatic N) is 4. The summed E-state index contributed by atoms with van der Waals surface area (Å²) < 4.78 is 15.2. The zero-order valence-corrected chi connectivity index (χ0v) is 15.2. The van der Waals surface area contributed by atoms with Gasteiger partial charge in [0.1, 0.15) is 5.75 Å². The lowest BCUT2D eigenvalue weighted by Gasteiger charge is -2.04. The molecule has 0 radical (unpaired) electrons. The minimum absolute atomic E-state index is 0.343. The fourth-order valence-electron chi connectivity index (χ4n) is 2.46. The maximum absolute atomic E-state index is 12.5. The third-order valence-electron chi connectivity index (χ3n) is 3.79. The molecular formula is C17H20N4O3S. The zero-order chi connectivity index (χ0) is 17.8. The van der Waals surface area contributed by atoms with Gasteiger partial charge >= 0.3 is 0 Å². The topological polar surface area (TPSA) is 70.6 Å². The lowest BCUT2D eigenvalue weighted by atomic mass is 10.3. The summed E-state index contributed by atoms with van der Waals surface area (Å²) in [6.07, 6.45) is 1.78. The van der Waals surface area contributed by atoms with E-state index in [2.05, 4.69) is 10.1 Å². The lowest BCUT2D eigenvalue weighted by Crippen LogP contribution is -2.19. The van der Waals surface area contributed by atoms with E-state index in [1.165, 1.54) is 11.3 Å². The lowest BCUT2D eigenvalue weighted by molar-refractivity contribution is 0.0992. The van der Waals surface area contributed by atoms with Crippen LogP contribution < -0.4 is 9.54 Å². The summed E-state index contributed by atoms with van der Waals surface area (Å²) in [7, 11) is 3.28. The number of rotatable bonds is 6. The van der Waals surface area contributed by atoms with E-state index in [-0.39, 0.29) is 5.91 Å². The fourth-order valence-corrected chi connectivity index (χ4v) is 3.54. The van der Waals surface area contributed by atoms with Crippen molar-refractivity contribution in [3.05, 3.63) is 41.0 Å². The second kappa shape index (κ2) is 7.62. The third-order valence-corrected chi connectivity index (χ3v) is 4.83. The molecule has 3 rings (SSSR count). The van der Waals surface area contributed by atoms with E-state index in [0.717, 1.165) is 16.0 Å². The van der Waals surface area contributed by atoms with Crippen LogP contribution in [0.15, 0.2) is 35.5 Å². The summed E-state index contributed by atoms with van der Waals surface area (Å²) >= 11 is 1.44. The van der Waals surface area contributed by atoms with Gasteiger partial charge in [-0.1, -0.05) is 11.3 Å². The molecule has 2 aromatic heterocycles. The minimum atomic E-state index is -0.350. The van der Waals surface area contributed by atoms with Crippen LogP contribution in [-0.2, 0) is 17.8 Å². The molecule has 0 aliphatic carbocycles. The molecule has 0 N–H and O–H groups in total. The molecule has 2 heterocycles. The highest BCUT2D eigenvalue weighted by Gasteiger charge is 2.12. The van der Waals surface area contributed by atoms with Gasteiger partial charge in [0.25, 0.3) is 5.91 Å². The molecule has 0 atom stereocenters. The number of aryl methyl sites for hydroxylation is 1. The van der Waals surface area contributed by atoms with Gasteiger partial charge in [0, 0.05) is 26.4 Å². The molecule has 1 aromatic carbocycles. The molecule has 132 valence electrons. The van der Waals surface area contributed by atoms with Gasteiger partial charge in [-0.15, -0.1) is 0 Å². The van der Waals surface area contributed by atoms with Crippen molar-refractivity contribution in [2.75, 3.05) is 20.8 Å². The van der Waals surface area contributed by atoms with Crippen molar-refractivity contribution in [1.82, 2.24) is 14.3 Å². The van der Waals surface area contributed by atoms with Crippen LogP contribution in [0, 0.1) is 0 Å². The number of carbonyl (C=O) groups excluding carboxylic acids is 1. The molecule has 25 heavy (non-hydrogen) atoms. The number of benzene rings is 1. The van der Waals surface area contributed by atoms with E-state index in [4.69, 9.17) is 9.47 Å². The largest absolute Gasteiger partial charge is 0.497 e. The van der Waals surface area contributed by atoms with Crippen LogP contribution >= 0.6 is 11.3 Å². The smallest absolute Gasteiger partial charge is 0.300 e. The number of aromatic nitrogens is 3. The second-order valence-electron chi connectivity index (χ2n) is 5.34. The van der Waals surface area contributed by atoms with Crippen LogP contribution in [0.2, 0.25) is 0 Å². The van der Waals surface area contributed by atoms with Gasteiger partial charge in [-0.2, -0.15) is 10.1 Å². The predicted molar refractivity (Wildman–Crippen MR) is 96.0 cm³/mol. The van der Waals surface area contributed by atoms with Crippen LogP contribution in [-0.4, -0.2) is 41.1 Å². The number of carbonyl (C=O) groups is 1. The highest BCUT2D eigenvalue weighted by molar-refractivity contribution is 7.16. The van der Waals surface area contributed by atoms with E-state index >= 15 is 0 Å². The van der Waals surface area contributed by atoms with Crippen LogP contribution in [0.25, 0.3) is 10.2 Å². The molecule has 8 heteroatoms. The molecule has 0 saturated carbocycles. The number of thiazole rings is 1. The Kier molecular flexibility index (Phi) is 5.30. The molecule has 0 saturated heterocycles. The van der Waals surface area contributed by atoms with Gasteiger partial charge in [-0.05, 0) is 31.2 Å². The standard InChI is InChI=1S/C17H20N4O3S/c1-4-20-8-7-13(19-20)16(22)18-17-21(9-10-23-2)14-6-5-12(24-3)11-15(14)25-17/h5-8,11H,4,9-10H2,1-3H3. The van der Waals surface area contributed by atoms with E-state index in [1.807, 2.05) is 29.7 Å². The van der Waals surface area contributed by atoms with Crippen LogP contribution in [0.3, 0.4) is 0 Å². The van der Waals surface area contributed by atoms with E-state index < -0.39 is 0 Å². The normalized spacial score (nSPS) is 12.0. The average molecular weight is 360 g/mol. The molecular weight excluding hydrogens is 340 g/mol. The maximum atomic E-state index is 12.5. The van der Waals surface area contributed by atoms with Crippen molar-refractivity contribution >= 4 is 27.5 Å². The van der Waals surface area contributed by atoms with Gasteiger partial charge in [0.2, 0.25) is 0 Å². The monoisotopic (exact) mass is 360 g/mol. The van der Waals surface area contributed by atoms with Gasteiger partial charge < -0.3 is 14.0 Å². The Balaban J connectivity index is 2.07. The van der Waals surface area contributed by atoms with Crippen molar-refractivity contribution in [2.24, 2.45) is 4.99 Å². The SMILES string of the molecule is CCn1ccc(C(=O)N=c2sc3cc(OC)ccc3n2CCOC)n1. The van der Waals surface area contributed by atoms with E-state index in [0.29, 0.717) is 30.2 Å².